The number of hydrogen-bond donors (Lipinski definition) is 0. The number of aryl methyl sites for hydroxylation is 2. The lowest BCUT2D eigenvalue weighted by Gasteiger charge is -2.29. The number of fused-ring (bicyclic) bond motifs is 1. The Morgan fingerprint density at radius 1 is 0.931 bits per heavy atom. The fourth-order valence-electron chi connectivity index (χ4n) is 3.72. The Hall–Kier alpha value is -3.53. The molecule has 0 aliphatic heterocycles. The summed E-state index contributed by atoms with van der Waals surface area (Å²) >= 11 is 0. The Morgan fingerprint density at radius 3 is 2.41 bits per heavy atom. The van der Waals surface area contributed by atoms with Gasteiger partial charge in [0.25, 0.3) is 5.91 Å². The molecular weight excluding hydrogens is 358 g/mol. The number of rotatable bonds is 4. The van der Waals surface area contributed by atoms with Gasteiger partial charge in [-0.05, 0) is 49.7 Å². The summed E-state index contributed by atoms with van der Waals surface area (Å²) in [5.74, 6) is -0.0504. The Kier molecular flexibility index (Phi) is 5.09. The fraction of sp³-hybridized carbons (Fsp3) is 0.160. The van der Waals surface area contributed by atoms with Gasteiger partial charge in [-0.25, -0.2) is 0 Å². The van der Waals surface area contributed by atoms with E-state index in [2.05, 4.69) is 9.97 Å². The van der Waals surface area contributed by atoms with Gasteiger partial charge in [0.15, 0.2) is 0 Å². The van der Waals surface area contributed by atoms with Crippen LogP contribution in [0, 0.1) is 13.8 Å². The number of carbonyl (C=O) groups excluding carboxylic acids is 1. The second-order valence-corrected chi connectivity index (χ2v) is 7.32. The summed E-state index contributed by atoms with van der Waals surface area (Å²) in [5.41, 5.74) is 5.28. The van der Waals surface area contributed by atoms with Crippen molar-refractivity contribution in [1.29, 1.82) is 0 Å². The predicted octanol–water partition coefficient (Wildman–Crippen LogP) is 5.11. The predicted molar refractivity (Wildman–Crippen MR) is 116 cm³/mol. The molecule has 29 heavy (non-hydrogen) atoms. The SMILES string of the molecule is Cc1ccc2nc(C)cc(C(=O)N(C)[C@H](c3ccccc3)c3ccccn3)c2c1. The van der Waals surface area contributed by atoms with Crippen molar-refractivity contribution in [1.82, 2.24) is 14.9 Å². The average Bonchev–Trinajstić information content (AvgIpc) is 2.74. The topological polar surface area (TPSA) is 46.1 Å². The first kappa shape index (κ1) is 18.8. The van der Waals surface area contributed by atoms with Gasteiger partial charge in [0.1, 0.15) is 0 Å². The Bertz CT molecular complexity index is 1120. The molecule has 0 fully saturated rings. The van der Waals surface area contributed by atoms with E-state index in [0.29, 0.717) is 5.56 Å². The van der Waals surface area contributed by atoms with Gasteiger partial charge in [-0.2, -0.15) is 0 Å². The van der Waals surface area contributed by atoms with Crippen LogP contribution in [-0.4, -0.2) is 27.8 Å². The van der Waals surface area contributed by atoms with Crippen molar-refractivity contribution >= 4 is 16.8 Å². The highest BCUT2D eigenvalue weighted by Gasteiger charge is 2.26. The van der Waals surface area contributed by atoms with Crippen molar-refractivity contribution in [2.45, 2.75) is 19.9 Å². The summed E-state index contributed by atoms with van der Waals surface area (Å²) in [6, 6.07) is 23.4. The Morgan fingerprint density at radius 2 is 1.69 bits per heavy atom. The molecule has 0 aliphatic rings. The maximum Gasteiger partial charge on any atom is 0.255 e. The molecule has 4 heteroatoms. The summed E-state index contributed by atoms with van der Waals surface area (Å²) in [6.07, 6.45) is 1.76. The minimum atomic E-state index is -0.279. The number of hydrogen-bond acceptors (Lipinski definition) is 3. The highest BCUT2D eigenvalue weighted by Crippen LogP contribution is 2.29. The standard InChI is InChI=1S/C25H23N3O/c1-17-12-13-22-20(15-17)21(16-18(2)27-22)25(29)28(3)24(19-9-5-4-6-10-19)23-11-7-8-14-26-23/h4-16,24H,1-3H3/t24-/m1/s1. The second kappa shape index (κ2) is 7.84. The molecule has 4 aromatic rings. The maximum atomic E-state index is 13.7. The van der Waals surface area contributed by atoms with Crippen LogP contribution in [0.5, 0.6) is 0 Å². The number of benzene rings is 2. The first-order chi connectivity index (χ1) is 14.0. The van der Waals surface area contributed by atoms with E-state index in [1.807, 2.05) is 93.7 Å². The van der Waals surface area contributed by atoms with Gasteiger partial charge in [-0.15, -0.1) is 0 Å². The van der Waals surface area contributed by atoms with E-state index in [-0.39, 0.29) is 11.9 Å². The Labute approximate surface area is 170 Å². The first-order valence-electron chi connectivity index (χ1n) is 9.65. The van der Waals surface area contributed by atoms with Crippen LogP contribution in [0.3, 0.4) is 0 Å². The smallest absolute Gasteiger partial charge is 0.255 e. The van der Waals surface area contributed by atoms with Crippen LogP contribution in [0.1, 0.15) is 38.9 Å². The molecule has 1 amide bonds. The first-order valence-corrected chi connectivity index (χ1v) is 9.65. The van der Waals surface area contributed by atoms with E-state index < -0.39 is 0 Å². The summed E-state index contributed by atoms with van der Waals surface area (Å²) in [4.78, 5) is 24.6. The van der Waals surface area contributed by atoms with E-state index in [9.17, 15) is 4.79 Å². The van der Waals surface area contributed by atoms with Gasteiger partial charge >= 0.3 is 0 Å². The summed E-state index contributed by atoms with van der Waals surface area (Å²) in [7, 11) is 1.84. The monoisotopic (exact) mass is 381 g/mol. The quantitative estimate of drug-likeness (QED) is 0.494. The molecular formula is C25H23N3O. The molecule has 2 aromatic carbocycles. The molecule has 0 saturated heterocycles. The summed E-state index contributed by atoms with van der Waals surface area (Å²) in [6.45, 7) is 3.95. The van der Waals surface area contributed by atoms with Crippen LogP contribution in [0.15, 0.2) is 79.0 Å². The molecule has 1 atom stereocenters. The van der Waals surface area contributed by atoms with Crippen LogP contribution in [-0.2, 0) is 0 Å². The van der Waals surface area contributed by atoms with E-state index in [1.54, 1.807) is 11.1 Å². The zero-order chi connectivity index (χ0) is 20.4. The van der Waals surface area contributed by atoms with E-state index in [4.69, 9.17) is 0 Å². The minimum Gasteiger partial charge on any atom is -0.329 e. The van der Waals surface area contributed by atoms with Crippen LogP contribution < -0.4 is 0 Å². The van der Waals surface area contributed by atoms with Crippen molar-refractivity contribution < 1.29 is 4.79 Å². The highest BCUT2D eigenvalue weighted by molar-refractivity contribution is 6.06. The van der Waals surface area contributed by atoms with Crippen molar-refractivity contribution in [2.75, 3.05) is 7.05 Å². The molecule has 0 N–H and O–H groups in total. The highest BCUT2D eigenvalue weighted by atomic mass is 16.2. The molecule has 4 rings (SSSR count). The second-order valence-electron chi connectivity index (χ2n) is 7.32. The van der Waals surface area contributed by atoms with Gasteiger partial charge in [0.05, 0.1) is 22.8 Å². The van der Waals surface area contributed by atoms with Gasteiger partial charge < -0.3 is 4.90 Å². The zero-order valence-corrected chi connectivity index (χ0v) is 16.8. The third-order valence-electron chi connectivity index (χ3n) is 5.11. The number of aromatic nitrogens is 2. The molecule has 144 valence electrons. The van der Waals surface area contributed by atoms with Crippen molar-refractivity contribution in [3.63, 3.8) is 0 Å². The molecule has 4 nitrogen and oxygen atoms in total. The largest absolute Gasteiger partial charge is 0.329 e. The summed E-state index contributed by atoms with van der Waals surface area (Å²) in [5, 5.41) is 0.875. The molecule has 2 heterocycles. The molecule has 0 radical (unpaired) electrons. The fourth-order valence-corrected chi connectivity index (χ4v) is 3.72. The van der Waals surface area contributed by atoms with Crippen LogP contribution in [0.2, 0.25) is 0 Å². The minimum absolute atomic E-state index is 0.0504. The van der Waals surface area contributed by atoms with Crippen LogP contribution in [0.25, 0.3) is 10.9 Å². The molecule has 0 saturated carbocycles. The molecule has 0 bridgehead atoms. The maximum absolute atomic E-state index is 13.7. The van der Waals surface area contributed by atoms with E-state index in [1.165, 1.54) is 0 Å². The lowest BCUT2D eigenvalue weighted by atomic mass is 9.99. The van der Waals surface area contributed by atoms with Crippen molar-refractivity contribution in [3.8, 4) is 0 Å². The van der Waals surface area contributed by atoms with E-state index in [0.717, 1.165) is 33.4 Å². The number of pyridine rings is 2. The lowest BCUT2D eigenvalue weighted by Crippen LogP contribution is -2.32. The van der Waals surface area contributed by atoms with Gasteiger partial charge in [-0.3, -0.25) is 14.8 Å². The zero-order valence-electron chi connectivity index (χ0n) is 16.8. The van der Waals surface area contributed by atoms with Gasteiger partial charge in [0.2, 0.25) is 0 Å². The van der Waals surface area contributed by atoms with Crippen LogP contribution >= 0.6 is 0 Å². The van der Waals surface area contributed by atoms with E-state index >= 15 is 0 Å². The Balaban J connectivity index is 1.83. The van der Waals surface area contributed by atoms with Gasteiger partial charge in [0, 0.05) is 24.3 Å². The number of amides is 1. The third-order valence-corrected chi connectivity index (χ3v) is 5.11. The number of nitrogens with zero attached hydrogens (tertiary/aromatic N) is 3. The lowest BCUT2D eigenvalue weighted by molar-refractivity contribution is 0.0754. The molecule has 0 unspecified atom stereocenters. The van der Waals surface area contributed by atoms with Crippen LogP contribution in [0.4, 0.5) is 0 Å². The van der Waals surface area contributed by atoms with Gasteiger partial charge in [-0.1, -0.05) is 48.0 Å². The molecule has 0 spiro atoms. The number of carbonyl (C=O) groups is 1. The summed E-state index contributed by atoms with van der Waals surface area (Å²) < 4.78 is 0. The van der Waals surface area contributed by atoms with Crippen molar-refractivity contribution in [3.05, 3.63) is 107 Å². The van der Waals surface area contributed by atoms with Crippen molar-refractivity contribution in [2.24, 2.45) is 0 Å². The normalized spacial score (nSPS) is 12.0. The average molecular weight is 381 g/mol. The molecule has 2 aromatic heterocycles. The molecule has 0 aliphatic carbocycles. The third kappa shape index (κ3) is 3.74.